The van der Waals surface area contributed by atoms with Gasteiger partial charge in [0.05, 0.1) is 13.1 Å². The maximum atomic E-state index is 12.1. The molecule has 0 aromatic heterocycles. The van der Waals surface area contributed by atoms with Crippen LogP contribution < -0.4 is 5.32 Å². The van der Waals surface area contributed by atoms with Crippen LogP contribution in [-0.4, -0.2) is 71.1 Å². The molecule has 0 bridgehead atoms. The molecule has 2 aliphatic heterocycles. The number of hydrogen-bond donors (Lipinski definition) is 1. The molecule has 7 heteroatoms. The molecule has 1 atom stereocenters. The van der Waals surface area contributed by atoms with Crippen molar-refractivity contribution in [3.8, 4) is 0 Å². The summed E-state index contributed by atoms with van der Waals surface area (Å²) in [5.74, 6) is 4.59. The number of amides is 1. The van der Waals surface area contributed by atoms with Crippen LogP contribution in [0, 0.1) is 0 Å². The van der Waals surface area contributed by atoms with Crippen LogP contribution in [0.2, 0.25) is 0 Å². The summed E-state index contributed by atoms with van der Waals surface area (Å²) in [7, 11) is 0. The first-order chi connectivity index (χ1) is 9.94. The number of ether oxygens (including phenoxy) is 1. The second kappa shape index (κ2) is 7.63. The molecule has 21 heavy (non-hydrogen) atoms. The summed E-state index contributed by atoms with van der Waals surface area (Å²) in [4.78, 5) is 18.3. The molecule has 120 valence electrons. The predicted octanol–water partition coefficient (Wildman–Crippen LogP) is 2.07. The summed E-state index contributed by atoms with van der Waals surface area (Å²) in [6.07, 6.45) is -0.251. The molecule has 2 aliphatic rings. The van der Waals surface area contributed by atoms with Gasteiger partial charge < -0.3 is 10.1 Å². The minimum atomic E-state index is -0.449. The molecule has 1 saturated heterocycles. The van der Waals surface area contributed by atoms with Crippen molar-refractivity contribution < 1.29 is 9.53 Å². The Morgan fingerprint density at radius 1 is 1.48 bits per heavy atom. The van der Waals surface area contributed by atoms with E-state index in [4.69, 9.17) is 4.74 Å². The molecule has 0 spiro atoms. The van der Waals surface area contributed by atoms with Gasteiger partial charge in [-0.15, -0.1) is 0 Å². The maximum Gasteiger partial charge on any atom is 0.410 e. The van der Waals surface area contributed by atoms with E-state index >= 15 is 0 Å². The van der Waals surface area contributed by atoms with Crippen LogP contribution >= 0.6 is 23.5 Å². The molecule has 5 nitrogen and oxygen atoms in total. The van der Waals surface area contributed by atoms with Gasteiger partial charge in [0.1, 0.15) is 11.4 Å². The van der Waals surface area contributed by atoms with Crippen LogP contribution in [-0.2, 0) is 4.74 Å². The Bertz CT molecular complexity index is 390. The zero-order chi connectivity index (χ0) is 15.3. The average molecular weight is 332 g/mol. The molecule has 1 N–H and O–H groups in total. The highest BCUT2D eigenvalue weighted by Gasteiger charge is 2.25. The fourth-order valence-corrected chi connectivity index (χ4v) is 4.71. The number of thioether (sulfide) groups is 2. The quantitative estimate of drug-likeness (QED) is 0.839. The minimum Gasteiger partial charge on any atom is -0.444 e. The molecule has 1 fully saturated rings. The number of nitrogens with zero attached hydrogens (tertiary/aromatic N) is 2. The molecule has 0 saturated carbocycles. The van der Waals surface area contributed by atoms with Gasteiger partial charge in [0.15, 0.2) is 0 Å². The van der Waals surface area contributed by atoms with Crippen molar-refractivity contribution in [2.24, 2.45) is 4.99 Å². The fraction of sp³-hybridized carbons (Fsp3) is 0.857. The Morgan fingerprint density at radius 2 is 2.29 bits per heavy atom. The van der Waals surface area contributed by atoms with Gasteiger partial charge >= 0.3 is 6.09 Å². The Kier molecular flexibility index (Phi) is 6.10. The summed E-state index contributed by atoms with van der Waals surface area (Å²) in [5, 5.41) is 4.05. The summed E-state index contributed by atoms with van der Waals surface area (Å²) >= 11 is 4.04. The molecule has 2 rings (SSSR count). The number of amidine groups is 1. The molecule has 0 aromatic rings. The Hall–Kier alpha value is -0.560. The van der Waals surface area contributed by atoms with E-state index in [1.165, 1.54) is 17.3 Å². The molecule has 0 aliphatic carbocycles. The number of nitrogens with one attached hydrogen (secondary N) is 1. The number of hydrogen-bond acceptors (Lipinski definition) is 6. The third-order valence-corrected chi connectivity index (χ3v) is 5.93. The van der Waals surface area contributed by atoms with E-state index in [-0.39, 0.29) is 6.09 Å². The standard InChI is InChI=1S/C14H25N3O2S2/c1-14(2,3)19-13(18)17-5-4-15-12(9-17)16-8-11-10-20-6-7-21-11/h11H,4-10H2,1-3H3,(H,15,16). The average Bonchev–Trinajstić information content (AvgIpc) is 2.45. The summed E-state index contributed by atoms with van der Waals surface area (Å²) in [6.45, 7) is 8.40. The van der Waals surface area contributed by atoms with Crippen molar-refractivity contribution in [1.82, 2.24) is 10.2 Å². The van der Waals surface area contributed by atoms with Crippen LogP contribution in [0.5, 0.6) is 0 Å². The van der Waals surface area contributed by atoms with E-state index in [0.717, 1.165) is 12.4 Å². The maximum absolute atomic E-state index is 12.1. The van der Waals surface area contributed by atoms with Gasteiger partial charge in [0, 0.05) is 35.6 Å². The largest absolute Gasteiger partial charge is 0.444 e. The Balaban J connectivity index is 1.77. The predicted molar refractivity (Wildman–Crippen MR) is 91.7 cm³/mol. The molecular weight excluding hydrogens is 306 g/mol. The first-order valence-corrected chi connectivity index (χ1v) is 9.59. The van der Waals surface area contributed by atoms with Gasteiger partial charge in [0.25, 0.3) is 0 Å². The highest BCUT2D eigenvalue weighted by molar-refractivity contribution is 8.06. The molecule has 0 radical (unpaired) electrons. The second-order valence-corrected chi connectivity index (χ2v) is 8.74. The van der Waals surface area contributed by atoms with E-state index < -0.39 is 5.60 Å². The SMILES string of the molecule is CC(C)(C)OC(=O)N1CCN=C(NCC2CSCCS2)C1. The van der Waals surface area contributed by atoms with E-state index in [2.05, 4.69) is 10.3 Å². The Labute approximate surface area is 135 Å². The van der Waals surface area contributed by atoms with Crippen LogP contribution in [0.3, 0.4) is 0 Å². The van der Waals surface area contributed by atoms with Crippen LogP contribution in [0.15, 0.2) is 4.99 Å². The number of rotatable bonds is 2. The van der Waals surface area contributed by atoms with Crippen molar-refractivity contribution >= 4 is 35.5 Å². The van der Waals surface area contributed by atoms with Gasteiger partial charge in [0.2, 0.25) is 0 Å². The molecule has 0 aromatic carbocycles. The normalized spacial score (nSPS) is 23.5. The molecular formula is C14H25N3O2S2. The zero-order valence-corrected chi connectivity index (χ0v) is 14.7. The molecule has 1 amide bonds. The first-order valence-electron chi connectivity index (χ1n) is 7.38. The lowest BCUT2D eigenvalue weighted by molar-refractivity contribution is 0.0276. The molecule has 2 heterocycles. The minimum absolute atomic E-state index is 0.251. The van der Waals surface area contributed by atoms with Gasteiger partial charge in [-0.2, -0.15) is 23.5 Å². The first kappa shape index (κ1) is 16.8. The number of carbonyl (C=O) groups is 1. The van der Waals surface area contributed by atoms with Gasteiger partial charge in [-0.1, -0.05) is 0 Å². The highest BCUT2D eigenvalue weighted by Crippen LogP contribution is 2.23. The van der Waals surface area contributed by atoms with Gasteiger partial charge in [-0.25, -0.2) is 4.79 Å². The Morgan fingerprint density at radius 3 is 2.95 bits per heavy atom. The monoisotopic (exact) mass is 331 g/mol. The smallest absolute Gasteiger partial charge is 0.410 e. The van der Waals surface area contributed by atoms with Crippen molar-refractivity contribution in [2.45, 2.75) is 31.6 Å². The third-order valence-electron chi connectivity index (χ3n) is 3.08. The number of carbonyl (C=O) groups excluding carboxylic acids is 1. The highest BCUT2D eigenvalue weighted by atomic mass is 32.2. The van der Waals surface area contributed by atoms with E-state index in [1.54, 1.807) is 4.90 Å². The third kappa shape index (κ3) is 5.98. The van der Waals surface area contributed by atoms with Crippen LogP contribution in [0.4, 0.5) is 4.79 Å². The van der Waals surface area contributed by atoms with Gasteiger partial charge in [-0.05, 0) is 20.8 Å². The van der Waals surface area contributed by atoms with Crippen LogP contribution in [0.1, 0.15) is 20.8 Å². The second-order valence-electron chi connectivity index (χ2n) is 6.18. The topological polar surface area (TPSA) is 53.9 Å². The van der Waals surface area contributed by atoms with Gasteiger partial charge in [-0.3, -0.25) is 9.89 Å². The summed E-state index contributed by atoms with van der Waals surface area (Å²) in [5.41, 5.74) is -0.449. The summed E-state index contributed by atoms with van der Waals surface area (Å²) < 4.78 is 5.42. The summed E-state index contributed by atoms with van der Waals surface area (Å²) in [6, 6.07) is 0. The lowest BCUT2D eigenvalue weighted by atomic mass is 10.2. The van der Waals surface area contributed by atoms with Crippen molar-refractivity contribution in [1.29, 1.82) is 0 Å². The van der Waals surface area contributed by atoms with Crippen molar-refractivity contribution in [3.05, 3.63) is 0 Å². The van der Waals surface area contributed by atoms with E-state index in [0.29, 0.717) is 24.9 Å². The zero-order valence-electron chi connectivity index (χ0n) is 13.1. The van der Waals surface area contributed by atoms with Crippen molar-refractivity contribution in [3.63, 3.8) is 0 Å². The number of aliphatic imine (C=N–C) groups is 1. The van der Waals surface area contributed by atoms with Crippen molar-refractivity contribution in [2.75, 3.05) is 43.4 Å². The van der Waals surface area contributed by atoms with Crippen LogP contribution in [0.25, 0.3) is 0 Å². The van der Waals surface area contributed by atoms with E-state index in [9.17, 15) is 4.79 Å². The fourth-order valence-electron chi connectivity index (χ4n) is 2.10. The molecule has 1 unspecified atom stereocenters. The lowest BCUT2D eigenvalue weighted by Gasteiger charge is -2.30. The lowest BCUT2D eigenvalue weighted by Crippen LogP contribution is -2.48. The van der Waals surface area contributed by atoms with E-state index in [1.807, 2.05) is 44.3 Å².